The van der Waals surface area contributed by atoms with Gasteiger partial charge in [-0.25, -0.2) is 0 Å². The Balaban J connectivity index is 2.02. The summed E-state index contributed by atoms with van der Waals surface area (Å²) in [6.07, 6.45) is 2.30. The lowest BCUT2D eigenvalue weighted by molar-refractivity contribution is -0.385. The normalized spacial score (nSPS) is 20.0. The number of rotatable bonds is 4. The van der Waals surface area contributed by atoms with Gasteiger partial charge < -0.3 is 5.11 Å². The molecule has 2 rings (SSSR count). The van der Waals surface area contributed by atoms with E-state index in [4.69, 9.17) is 5.11 Å². The Morgan fingerprint density at radius 2 is 1.71 bits per heavy atom. The summed E-state index contributed by atoms with van der Waals surface area (Å²) in [6.45, 7) is 0. The molecule has 1 fully saturated rings. The largest absolute Gasteiger partial charge is 0.481 e. The van der Waals surface area contributed by atoms with Crippen molar-refractivity contribution in [3.8, 4) is 0 Å². The number of hydrazine groups is 1. The smallest absolute Gasteiger partial charge is 0.307 e. The molecule has 0 saturated heterocycles. The molecular weight excluding hydrogens is 318 g/mol. The van der Waals surface area contributed by atoms with Gasteiger partial charge in [-0.2, -0.15) is 0 Å². The number of amides is 2. The minimum absolute atomic E-state index is 0.193. The third-order valence-corrected chi connectivity index (χ3v) is 4.06. The molecule has 1 aromatic carbocycles. The van der Waals surface area contributed by atoms with E-state index < -0.39 is 34.5 Å². The van der Waals surface area contributed by atoms with E-state index >= 15 is 0 Å². The Hall–Kier alpha value is -2.97. The highest BCUT2D eigenvalue weighted by Gasteiger charge is 2.36. The highest BCUT2D eigenvalue weighted by molar-refractivity contribution is 5.99. The first-order valence-corrected chi connectivity index (χ1v) is 7.48. The van der Waals surface area contributed by atoms with Gasteiger partial charge in [-0.3, -0.25) is 35.3 Å². The number of nitrogens with zero attached hydrogens (tertiary/aromatic N) is 1. The van der Waals surface area contributed by atoms with Crippen LogP contribution in [0.3, 0.4) is 0 Å². The van der Waals surface area contributed by atoms with Gasteiger partial charge >= 0.3 is 5.97 Å². The fourth-order valence-corrected chi connectivity index (χ4v) is 2.84. The molecule has 0 bridgehead atoms. The Morgan fingerprint density at radius 3 is 2.33 bits per heavy atom. The van der Waals surface area contributed by atoms with Gasteiger partial charge in [0.2, 0.25) is 5.91 Å². The highest BCUT2D eigenvalue weighted by Crippen LogP contribution is 2.30. The quantitative estimate of drug-likeness (QED) is 0.559. The number of carboxylic acid groups (broad SMARTS) is 1. The average molecular weight is 335 g/mol. The van der Waals surface area contributed by atoms with Crippen molar-refractivity contribution in [1.82, 2.24) is 10.9 Å². The zero-order chi connectivity index (χ0) is 17.7. The average Bonchev–Trinajstić information content (AvgIpc) is 2.59. The van der Waals surface area contributed by atoms with Crippen LogP contribution >= 0.6 is 0 Å². The van der Waals surface area contributed by atoms with Crippen molar-refractivity contribution in [2.45, 2.75) is 25.7 Å². The molecule has 1 aliphatic carbocycles. The van der Waals surface area contributed by atoms with E-state index in [1.807, 2.05) is 0 Å². The van der Waals surface area contributed by atoms with Crippen molar-refractivity contribution in [1.29, 1.82) is 0 Å². The molecule has 2 atom stereocenters. The zero-order valence-corrected chi connectivity index (χ0v) is 12.7. The predicted octanol–water partition coefficient (Wildman–Crippen LogP) is 1.25. The Morgan fingerprint density at radius 1 is 1.08 bits per heavy atom. The molecule has 0 aliphatic heterocycles. The van der Waals surface area contributed by atoms with E-state index in [0.29, 0.717) is 12.8 Å². The number of nitrogens with one attached hydrogen (secondary N) is 2. The number of nitro groups is 1. The van der Waals surface area contributed by atoms with E-state index in [-0.39, 0.29) is 11.3 Å². The van der Waals surface area contributed by atoms with Crippen LogP contribution < -0.4 is 10.9 Å². The van der Waals surface area contributed by atoms with Crippen LogP contribution in [-0.2, 0) is 9.59 Å². The van der Waals surface area contributed by atoms with E-state index in [2.05, 4.69) is 10.9 Å². The summed E-state index contributed by atoms with van der Waals surface area (Å²) >= 11 is 0. The number of carbonyl (C=O) groups is 3. The molecule has 1 aliphatic rings. The summed E-state index contributed by atoms with van der Waals surface area (Å²) in [7, 11) is 0. The van der Waals surface area contributed by atoms with Gasteiger partial charge in [0.1, 0.15) is 5.56 Å². The first kappa shape index (κ1) is 17.4. The maximum Gasteiger partial charge on any atom is 0.307 e. The number of aliphatic carboxylic acids is 1. The van der Waals surface area contributed by atoms with Crippen LogP contribution in [0.15, 0.2) is 24.3 Å². The lowest BCUT2D eigenvalue weighted by Gasteiger charge is -2.27. The molecular formula is C15H17N3O6. The van der Waals surface area contributed by atoms with Crippen LogP contribution in [-0.4, -0.2) is 27.8 Å². The van der Waals surface area contributed by atoms with Crippen molar-refractivity contribution in [2.75, 3.05) is 0 Å². The molecule has 1 saturated carbocycles. The standard InChI is InChI=1S/C15H17N3O6/c19-13(9-5-1-2-6-10(9)15(21)22)16-17-14(20)11-7-3-4-8-12(11)18(23)24/h3-4,7-10H,1-2,5-6H2,(H,16,19)(H,17,20)(H,21,22)/t9-,10-/m0/s1. The number of carbonyl (C=O) groups excluding carboxylic acids is 2. The van der Waals surface area contributed by atoms with Crippen molar-refractivity contribution in [2.24, 2.45) is 11.8 Å². The first-order chi connectivity index (χ1) is 11.4. The minimum Gasteiger partial charge on any atom is -0.481 e. The van der Waals surface area contributed by atoms with Gasteiger partial charge in [-0.1, -0.05) is 25.0 Å². The molecule has 0 radical (unpaired) electrons. The van der Waals surface area contributed by atoms with Gasteiger partial charge in [0.15, 0.2) is 0 Å². The van der Waals surface area contributed by atoms with Crippen LogP contribution in [0.2, 0.25) is 0 Å². The Bertz CT molecular complexity index is 675. The predicted molar refractivity (Wildman–Crippen MR) is 81.8 cm³/mol. The Labute approximate surface area is 137 Å². The Kier molecular flexibility index (Phi) is 5.46. The topological polar surface area (TPSA) is 139 Å². The van der Waals surface area contributed by atoms with Gasteiger partial charge in [0, 0.05) is 6.07 Å². The molecule has 9 nitrogen and oxygen atoms in total. The number of benzene rings is 1. The second kappa shape index (κ2) is 7.53. The van der Waals surface area contributed by atoms with Crippen LogP contribution in [0.1, 0.15) is 36.0 Å². The SMILES string of the molecule is O=C(NNC(=O)[C@H]1CCCC[C@@H]1C(=O)O)c1ccccc1[N+](=O)[O-]. The van der Waals surface area contributed by atoms with Gasteiger partial charge in [-0.15, -0.1) is 0 Å². The summed E-state index contributed by atoms with van der Waals surface area (Å²) in [6, 6.07) is 5.33. The van der Waals surface area contributed by atoms with Crippen LogP contribution in [0, 0.1) is 22.0 Å². The zero-order valence-electron chi connectivity index (χ0n) is 12.7. The van der Waals surface area contributed by atoms with Crippen molar-refractivity contribution in [3.63, 3.8) is 0 Å². The first-order valence-electron chi connectivity index (χ1n) is 7.48. The number of hydrogen-bond donors (Lipinski definition) is 3. The molecule has 0 heterocycles. The molecule has 128 valence electrons. The summed E-state index contributed by atoms with van der Waals surface area (Å²) in [5.41, 5.74) is 3.71. The fourth-order valence-electron chi connectivity index (χ4n) is 2.84. The van der Waals surface area contributed by atoms with E-state index in [0.717, 1.165) is 12.8 Å². The minimum atomic E-state index is -1.04. The van der Waals surface area contributed by atoms with Crippen molar-refractivity contribution in [3.05, 3.63) is 39.9 Å². The van der Waals surface area contributed by atoms with Crippen molar-refractivity contribution >= 4 is 23.5 Å². The highest BCUT2D eigenvalue weighted by atomic mass is 16.6. The number of nitro benzene ring substituents is 1. The van der Waals surface area contributed by atoms with Gasteiger partial charge in [0.25, 0.3) is 11.6 Å². The second-order valence-electron chi connectivity index (χ2n) is 5.55. The maximum atomic E-state index is 12.1. The van der Waals surface area contributed by atoms with E-state index in [1.54, 1.807) is 0 Å². The second-order valence-corrected chi connectivity index (χ2v) is 5.55. The maximum absolute atomic E-state index is 12.1. The lowest BCUT2D eigenvalue weighted by Crippen LogP contribution is -2.48. The van der Waals surface area contributed by atoms with E-state index in [1.165, 1.54) is 24.3 Å². The summed E-state index contributed by atoms with van der Waals surface area (Å²) in [5.74, 6) is -4.00. The monoisotopic (exact) mass is 335 g/mol. The molecule has 2 amide bonds. The van der Waals surface area contributed by atoms with E-state index in [9.17, 15) is 24.5 Å². The van der Waals surface area contributed by atoms with Gasteiger partial charge in [0.05, 0.1) is 16.8 Å². The molecule has 0 aromatic heterocycles. The van der Waals surface area contributed by atoms with Gasteiger partial charge in [-0.05, 0) is 18.9 Å². The lowest BCUT2D eigenvalue weighted by atomic mass is 9.79. The molecule has 3 N–H and O–H groups in total. The molecule has 0 unspecified atom stereocenters. The number of carboxylic acids is 1. The summed E-state index contributed by atoms with van der Waals surface area (Å²) < 4.78 is 0. The molecule has 0 spiro atoms. The molecule has 1 aromatic rings. The molecule has 9 heteroatoms. The van der Waals surface area contributed by atoms with Crippen LogP contribution in [0.4, 0.5) is 5.69 Å². The van der Waals surface area contributed by atoms with Crippen LogP contribution in [0.5, 0.6) is 0 Å². The number of para-hydroxylation sites is 1. The number of hydrogen-bond acceptors (Lipinski definition) is 5. The fraction of sp³-hybridized carbons (Fsp3) is 0.400. The third-order valence-electron chi connectivity index (χ3n) is 4.06. The molecule has 24 heavy (non-hydrogen) atoms. The summed E-state index contributed by atoms with van der Waals surface area (Å²) in [4.78, 5) is 45.6. The van der Waals surface area contributed by atoms with Crippen molar-refractivity contribution < 1.29 is 24.4 Å². The van der Waals surface area contributed by atoms with Crippen LogP contribution in [0.25, 0.3) is 0 Å². The third kappa shape index (κ3) is 3.86. The summed E-state index contributed by atoms with van der Waals surface area (Å²) in [5, 5.41) is 20.1.